The molecular formula is C13H11BrN2O2S. The highest BCUT2D eigenvalue weighted by molar-refractivity contribution is 9.10. The van der Waals surface area contributed by atoms with E-state index >= 15 is 0 Å². The van der Waals surface area contributed by atoms with E-state index in [1.165, 1.54) is 0 Å². The van der Waals surface area contributed by atoms with Crippen molar-refractivity contribution in [2.45, 2.75) is 10.8 Å². The number of nitrogens with two attached hydrogens (primary N) is 1. The number of nitrogens with zero attached hydrogens (tertiary/aromatic N) is 1. The van der Waals surface area contributed by atoms with Crippen molar-refractivity contribution in [1.29, 1.82) is 0 Å². The van der Waals surface area contributed by atoms with Crippen LogP contribution in [0.4, 0.5) is 5.69 Å². The highest BCUT2D eigenvalue weighted by atomic mass is 79.9. The van der Waals surface area contributed by atoms with Crippen molar-refractivity contribution in [3.8, 4) is 0 Å². The van der Waals surface area contributed by atoms with Gasteiger partial charge in [0.1, 0.15) is 0 Å². The van der Waals surface area contributed by atoms with Crippen molar-refractivity contribution in [2.75, 3.05) is 5.73 Å². The Morgan fingerprint density at radius 3 is 2.74 bits per heavy atom. The number of hydrogen-bond acceptors (Lipinski definition) is 4. The maximum atomic E-state index is 10.8. The highest BCUT2D eigenvalue weighted by Gasteiger charge is 2.07. The van der Waals surface area contributed by atoms with E-state index in [0.717, 1.165) is 15.1 Å². The number of benzene rings is 1. The quantitative estimate of drug-likeness (QED) is 0.835. The number of rotatable bonds is 4. The lowest BCUT2D eigenvalue weighted by Crippen LogP contribution is -1.97. The summed E-state index contributed by atoms with van der Waals surface area (Å²) < 4.78 is 0.787. The van der Waals surface area contributed by atoms with Crippen molar-refractivity contribution in [1.82, 2.24) is 4.98 Å². The summed E-state index contributed by atoms with van der Waals surface area (Å²) in [6.45, 7) is 0. The Labute approximate surface area is 123 Å². The number of carboxylic acids is 1. The van der Waals surface area contributed by atoms with E-state index in [9.17, 15) is 4.79 Å². The summed E-state index contributed by atoms with van der Waals surface area (Å²) in [6.07, 6.45) is 1.62. The van der Waals surface area contributed by atoms with Gasteiger partial charge in [0.2, 0.25) is 0 Å². The number of carbonyl (C=O) groups is 1. The van der Waals surface area contributed by atoms with Gasteiger partial charge in [-0.05, 0) is 29.8 Å². The van der Waals surface area contributed by atoms with Gasteiger partial charge < -0.3 is 10.8 Å². The molecule has 0 fully saturated rings. The topological polar surface area (TPSA) is 76.2 Å². The second-order valence-electron chi connectivity index (χ2n) is 3.83. The van der Waals surface area contributed by atoms with E-state index in [0.29, 0.717) is 11.4 Å². The smallest absolute Gasteiger partial charge is 0.335 e. The average Bonchev–Trinajstić information content (AvgIpc) is 2.39. The van der Waals surface area contributed by atoms with Gasteiger partial charge in [0.05, 0.1) is 22.5 Å². The summed E-state index contributed by atoms with van der Waals surface area (Å²) in [6, 6.07) is 8.67. The summed E-state index contributed by atoms with van der Waals surface area (Å²) in [5.41, 5.74) is 7.50. The summed E-state index contributed by atoms with van der Waals surface area (Å²) in [4.78, 5) is 15.0. The molecule has 1 heterocycles. The number of nitrogen functional groups attached to an aromatic ring is 1. The van der Waals surface area contributed by atoms with Crippen LogP contribution in [-0.4, -0.2) is 16.1 Å². The number of aromatic carboxylic acids is 1. The number of pyridine rings is 1. The predicted octanol–water partition coefficient (Wildman–Crippen LogP) is 3.42. The molecule has 0 aliphatic rings. The fourth-order valence-corrected chi connectivity index (χ4v) is 2.98. The normalized spacial score (nSPS) is 10.4. The monoisotopic (exact) mass is 338 g/mol. The first-order valence-electron chi connectivity index (χ1n) is 5.42. The molecular weight excluding hydrogens is 328 g/mol. The van der Waals surface area contributed by atoms with Gasteiger partial charge in [0.15, 0.2) is 0 Å². The van der Waals surface area contributed by atoms with Crippen LogP contribution in [0.25, 0.3) is 0 Å². The Morgan fingerprint density at radius 2 is 2.16 bits per heavy atom. The molecule has 1 aromatic heterocycles. The predicted molar refractivity (Wildman–Crippen MR) is 79.3 cm³/mol. The van der Waals surface area contributed by atoms with Crippen LogP contribution in [0, 0.1) is 0 Å². The molecule has 2 rings (SSSR count). The molecule has 0 amide bonds. The third-order valence-corrected chi connectivity index (χ3v) is 4.17. The molecule has 0 aliphatic carbocycles. The van der Waals surface area contributed by atoms with E-state index in [1.807, 2.05) is 6.07 Å². The van der Waals surface area contributed by atoms with Crippen LogP contribution in [0.2, 0.25) is 0 Å². The first-order valence-corrected chi connectivity index (χ1v) is 7.20. The Morgan fingerprint density at radius 1 is 1.37 bits per heavy atom. The van der Waals surface area contributed by atoms with Crippen molar-refractivity contribution in [2.24, 2.45) is 0 Å². The number of halogens is 1. The lowest BCUT2D eigenvalue weighted by Gasteiger charge is -2.05. The molecule has 1 aromatic carbocycles. The van der Waals surface area contributed by atoms with E-state index < -0.39 is 5.97 Å². The van der Waals surface area contributed by atoms with Gasteiger partial charge in [-0.3, -0.25) is 0 Å². The molecule has 0 radical (unpaired) electrons. The minimum Gasteiger partial charge on any atom is -0.478 e. The van der Waals surface area contributed by atoms with Crippen LogP contribution in [-0.2, 0) is 5.75 Å². The van der Waals surface area contributed by atoms with Crippen molar-refractivity contribution in [3.05, 3.63) is 52.1 Å². The zero-order valence-electron chi connectivity index (χ0n) is 9.84. The zero-order chi connectivity index (χ0) is 13.8. The van der Waals surface area contributed by atoms with Crippen LogP contribution in [0.5, 0.6) is 0 Å². The third-order valence-electron chi connectivity index (χ3n) is 2.43. The first-order chi connectivity index (χ1) is 9.06. The third kappa shape index (κ3) is 3.71. The fourth-order valence-electron chi connectivity index (χ4n) is 1.43. The molecule has 4 nitrogen and oxygen atoms in total. The molecule has 98 valence electrons. The largest absolute Gasteiger partial charge is 0.478 e. The number of hydrogen-bond donors (Lipinski definition) is 2. The van der Waals surface area contributed by atoms with Crippen LogP contribution < -0.4 is 5.73 Å². The minimum atomic E-state index is -0.930. The van der Waals surface area contributed by atoms with Gasteiger partial charge in [-0.1, -0.05) is 22.0 Å². The Balaban J connectivity index is 2.07. The van der Waals surface area contributed by atoms with E-state index in [1.54, 1.807) is 42.2 Å². The Kier molecular flexibility index (Phi) is 4.44. The highest BCUT2D eigenvalue weighted by Crippen LogP contribution is 2.26. The molecule has 3 N–H and O–H groups in total. The number of thioether (sulfide) groups is 1. The number of aromatic nitrogens is 1. The molecule has 0 spiro atoms. The van der Waals surface area contributed by atoms with Crippen LogP contribution in [0.15, 0.2) is 46.0 Å². The van der Waals surface area contributed by atoms with Gasteiger partial charge in [-0.25, -0.2) is 9.78 Å². The average molecular weight is 339 g/mol. The molecule has 0 saturated heterocycles. The van der Waals surface area contributed by atoms with Crippen molar-refractivity contribution >= 4 is 39.3 Å². The van der Waals surface area contributed by atoms with Crippen LogP contribution >= 0.6 is 27.7 Å². The zero-order valence-corrected chi connectivity index (χ0v) is 12.2. The van der Waals surface area contributed by atoms with Gasteiger partial charge in [-0.2, -0.15) is 0 Å². The maximum absolute atomic E-state index is 10.8. The van der Waals surface area contributed by atoms with Crippen molar-refractivity contribution in [3.63, 3.8) is 0 Å². The van der Waals surface area contributed by atoms with E-state index in [-0.39, 0.29) is 5.56 Å². The van der Waals surface area contributed by atoms with Crippen LogP contribution in [0.1, 0.15) is 15.9 Å². The van der Waals surface area contributed by atoms with E-state index in [4.69, 9.17) is 10.8 Å². The Bertz CT molecular complexity index is 602. The molecule has 19 heavy (non-hydrogen) atoms. The summed E-state index contributed by atoms with van der Waals surface area (Å²) in [5, 5.41) is 9.76. The van der Waals surface area contributed by atoms with E-state index in [2.05, 4.69) is 20.9 Å². The first kappa shape index (κ1) is 13.9. The molecule has 6 heteroatoms. The standard InChI is InChI=1S/C13H11BrN2O2S/c14-11-5-8(13(17)18)1-2-9(11)7-19-12-4-3-10(15)6-16-12/h1-6H,7,15H2,(H,17,18). The van der Waals surface area contributed by atoms with Crippen molar-refractivity contribution < 1.29 is 9.90 Å². The van der Waals surface area contributed by atoms with Gasteiger partial charge in [0.25, 0.3) is 0 Å². The summed E-state index contributed by atoms with van der Waals surface area (Å²) >= 11 is 4.95. The summed E-state index contributed by atoms with van der Waals surface area (Å²) in [5.74, 6) is -0.225. The fraction of sp³-hybridized carbons (Fsp3) is 0.0769. The molecule has 2 aromatic rings. The molecule has 0 atom stereocenters. The lowest BCUT2D eigenvalue weighted by molar-refractivity contribution is 0.0697. The van der Waals surface area contributed by atoms with Gasteiger partial charge in [0, 0.05) is 10.2 Å². The summed E-state index contributed by atoms with van der Waals surface area (Å²) in [7, 11) is 0. The van der Waals surface area contributed by atoms with Crippen LogP contribution in [0.3, 0.4) is 0 Å². The molecule has 0 saturated carbocycles. The molecule has 0 bridgehead atoms. The second kappa shape index (κ2) is 6.08. The second-order valence-corrected chi connectivity index (χ2v) is 5.68. The number of anilines is 1. The lowest BCUT2D eigenvalue weighted by atomic mass is 10.1. The SMILES string of the molecule is Nc1ccc(SCc2ccc(C(=O)O)cc2Br)nc1. The minimum absolute atomic E-state index is 0.270. The molecule has 0 aliphatic heterocycles. The van der Waals surface area contributed by atoms with Gasteiger partial charge in [-0.15, -0.1) is 11.8 Å². The number of carboxylic acid groups (broad SMARTS) is 1. The Hall–Kier alpha value is -1.53. The molecule has 0 unspecified atom stereocenters. The van der Waals surface area contributed by atoms with Gasteiger partial charge >= 0.3 is 5.97 Å². The maximum Gasteiger partial charge on any atom is 0.335 e.